The molecule has 0 unspecified atom stereocenters. The van der Waals surface area contributed by atoms with Crippen molar-refractivity contribution in [2.45, 2.75) is 6.54 Å². The molecule has 7 nitrogen and oxygen atoms in total. The van der Waals surface area contributed by atoms with Crippen LogP contribution < -0.4 is 11.1 Å². The van der Waals surface area contributed by atoms with Gasteiger partial charge in [-0.3, -0.25) is 0 Å². The topological polar surface area (TPSA) is 94.0 Å². The van der Waals surface area contributed by atoms with Gasteiger partial charge in [0.05, 0.1) is 18.4 Å². The quantitative estimate of drug-likeness (QED) is 0.701. The molecule has 3 heterocycles. The molecule has 18 heavy (non-hydrogen) atoms. The van der Waals surface area contributed by atoms with Crippen LogP contribution in [-0.2, 0) is 6.54 Å². The van der Waals surface area contributed by atoms with Crippen LogP contribution in [0.25, 0.3) is 5.65 Å². The minimum atomic E-state index is 0.436. The van der Waals surface area contributed by atoms with E-state index in [0.717, 1.165) is 11.3 Å². The molecule has 0 atom stereocenters. The Labute approximate surface area is 103 Å². The Balaban J connectivity index is 1.88. The van der Waals surface area contributed by atoms with Crippen molar-refractivity contribution in [2.75, 3.05) is 11.1 Å². The maximum absolute atomic E-state index is 5.73. The van der Waals surface area contributed by atoms with E-state index in [9.17, 15) is 0 Å². The molecule has 0 radical (unpaired) electrons. The fourth-order valence-electron chi connectivity index (χ4n) is 1.67. The summed E-state index contributed by atoms with van der Waals surface area (Å²) in [5.74, 6) is 1.07. The van der Waals surface area contributed by atoms with Crippen LogP contribution in [0.4, 0.5) is 11.6 Å². The summed E-state index contributed by atoms with van der Waals surface area (Å²) < 4.78 is 1.82. The van der Waals surface area contributed by atoms with E-state index >= 15 is 0 Å². The number of nitrogens with one attached hydrogen (secondary N) is 1. The molecule has 0 aromatic carbocycles. The normalized spacial score (nSPS) is 10.7. The van der Waals surface area contributed by atoms with Crippen molar-refractivity contribution < 1.29 is 0 Å². The lowest BCUT2D eigenvalue weighted by Gasteiger charge is -2.07. The van der Waals surface area contributed by atoms with Gasteiger partial charge in [-0.1, -0.05) is 0 Å². The lowest BCUT2D eigenvalue weighted by Crippen LogP contribution is -2.07. The molecular weight excluding hydrogens is 230 g/mol. The molecule has 0 bridgehead atoms. The van der Waals surface area contributed by atoms with E-state index in [1.165, 1.54) is 6.33 Å². The van der Waals surface area contributed by atoms with Gasteiger partial charge in [-0.05, 0) is 6.07 Å². The number of rotatable bonds is 3. The second-order valence-electron chi connectivity index (χ2n) is 3.73. The number of nitrogens with zero attached hydrogens (tertiary/aromatic N) is 5. The lowest BCUT2D eigenvalue weighted by molar-refractivity contribution is 0.992. The molecule has 3 N–H and O–H groups in total. The molecule has 90 valence electrons. The molecule has 3 aromatic heterocycles. The minimum Gasteiger partial charge on any atom is -0.382 e. The van der Waals surface area contributed by atoms with E-state index in [-0.39, 0.29) is 0 Å². The summed E-state index contributed by atoms with van der Waals surface area (Å²) in [6, 6.07) is 1.84. The number of hydrogen-bond donors (Lipinski definition) is 2. The Kier molecular flexibility index (Phi) is 2.49. The first-order valence-electron chi connectivity index (χ1n) is 5.41. The monoisotopic (exact) mass is 241 g/mol. The van der Waals surface area contributed by atoms with Crippen molar-refractivity contribution >= 4 is 17.3 Å². The fourth-order valence-corrected chi connectivity index (χ4v) is 1.67. The van der Waals surface area contributed by atoms with Gasteiger partial charge in [0.25, 0.3) is 0 Å². The molecule has 0 aliphatic carbocycles. The predicted octanol–water partition coefficient (Wildman–Crippen LogP) is 0.714. The van der Waals surface area contributed by atoms with Crippen molar-refractivity contribution in [3.05, 3.63) is 42.9 Å². The molecule has 3 rings (SSSR count). The largest absolute Gasteiger partial charge is 0.382 e. The van der Waals surface area contributed by atoms with Crippen LogP contribution in [0, 0.1) is 0 Å². The second kappa shape index (κ2) is 4.28. The highest BCUT2D eigenvalue weighted by molar-refractivity contribution is 5.64. The van der Waals surface area contributed by atoms with Gasteiger partial charge in [-0.15, -0.1) is 0 Å². The first-order chi connectivity index (χ1) is 8.83. The van der Waals surface area contributed by atoms with Crippen LogP contribution in [0.15, 0.2) is 37.2 Å². The summed E-state index contributed by atoms with van der Waals surface area (Å²) in [4.78, 5) is 16.4. The molecule has 0 fully saturated rings. The van der Waals surface area contributed by atoms with Gasteiger partial charge in [0.15, 0.2) is 11.5 Å². The summed E-state index contributed by atoms with van der Waals surface area (Å²) >= 11 is 0. The van der Waals surface area contributed by atoms with E-state index < -0.39 is 0 Å². The third-order valence-corrected chi connectivity index (χ3v) is 2.47. The van der Waals surface area contributed by atoms with Gasteiger partial charge in [0.1, 0.15) is 12.1 Å². The zero-order chi connectivity index (χ0) is 12.4. The highest BCUT2D eigenvalue weighted by atomic mass is 15.1. The first kappa shape index (κ1) is 10.5. The predicted molar refractivity (Wildman–Crippen MR) is 66.8 cm³/mol. The number of nitrogen functional groups attached to an aromatic ring is 1. The standard InChI is InChI=1S/C11H11N7/c12-9-6-18-4-3-14-11(18)10(17-9)15-5-8-1-2-13-7-16-8/h1-4,6-7H,5,12H2,(H,15,17). The van der Waals surface area contributed by atoms with Gasteiger partial charge in [0.2, 0.25) is 0 Å². The van der Waals surface area contributed by atoms with Gasteiger partial charge in [-0.2, -0.15) is 0 Å². The van der Waals surface area contributed by atoms with Gasteiger partial charge < -0.3 is 15.5 Å². The Hall–Kier alpha value is -2.70. The molecule has 0 amide bonds. The van der Waals surface area contributed by atoms with E-state index in [1.807, 2.05) is 16.7 Å². The Morgan fingerprint density at radius 2 is 2.22 bits per heavy atom. The second-order valence-corrected chi connectivity index (χ2v) is 3.73. The van der Waals surface area contributed by atoms with Crippen molar-refractivity contribution in [3.63, 3.8) is 0 Å². The molecule has 3 aromatic rings. The molecular formula is C11H11N7. The van der Waals surface area contributed by atoms with Gasteiger partial charge in [-0.25, -0.2) is 19.9 Å². The molecule has 0 aliphatic heterocycles. The van der Waals surface area contributed by atoms with E-state index in [2.05, 4.69) is 25.3 Å². The van der Waals surface area contributed by atoms with Gasteiger partial charge in [0, 0.05) is 18.6 Å². The summed E-state index contributed by atoms with van der Waals surface area (Å²) in [6.45, 7) is 0.543. The van der Waals surface area contributed by atoms with Gasteiger partial charge >= 0.3 is 0 Å². The molecule has 0 saturated carbocycles. The van der Waals surface area contributed by atoms with Crippen LogP contribution in [0.5, 0.6) is 0 Å². The SMILES string of the molecule is Nc1cn2ccnc2c(NCc2ccncn2)n1. The zero-order valence-electron chi connectivity index (χ0n) is 9.48. The maximum atomic E-state index is 5.73. The fraction of sp³-hybridized carbons (Fsp3) is 0.0909. The summed E-state index contributed by atoms with van der Waals surface area (Å²) in [6.07, 6.45) is 8.45. The van der Waals surface area contributed by atoms with E-state index in [1.54, 1.807) is 18.6 Å². The maximum Gasteiger partial charge on any atom is 0.180 e. The number of nitrogens with two attached hydrogens (primary N) is 1. The van der Waals surface area contributed by atoms with Crippen LogP contribution in [0.1, 0.15) is 5.69 Å². The lowest BCUT2D eigenvalue weighted by atomic mass is 10.4. The van der Waals surface area contributed by atoms with Crippen molar-refractivity contribution in [1.82, 2.24) is 24.3 Å². The van der Waals surface area contributed by atoms with Crippen LogP contribution in [0.3, 0.4) is 0 Å². The number of anilines is 2. The Morgan fingerprint density at radius 3 is 3.06 bits per heavy atom. The van der Waals surface area contributed by atoms with Crippen LogP contribution in [-0.4, -0.2) is 24.3 Å². The molecule has 7 heteroatoms. The molecule has 0 spiro atoms. The Bertz CT molecular complexity index is 661. The van der Waals surface area contributed by atoms with E-state index in [0.29, 0.717) is 18.2 Å². The summed E-state index contributed by atoms with van der Waals surface area (Å²) in [5, 5.41) is 3.17. The number of aromatic nitrogens is 5. The third kappa shape index (κ3) is 1.93. The van der Waals surface area contributed by atoms with Crippen molar-refractivity contribution in [2.24, 2.45) is 0 Å². The third-order valence-electron chi connectivity index (χ3n) is 2.47. The summed E-state index contributed by atoms with van der Waals surface area (Å²) in [7, 11) is 0. The highest BCUT2D eigenvalue weighted by Gasteiger charge is 2.05. The van der Waals surface area contributed by atoms with Crippen LogP contribution >= 0.6 is 0 Å². The van der Waals surface area contributed by atoms with Crippen LogP contribution in [0.2, 0.25) is 0 Å². The first-order valence-corrected chi connectivity index (χ1v) is 5.41. The number of fused-ring (bicyclic) bond motifs is 1. The zero-order valence-corrected chi connectivity index (χ0v) is 9.48. The molecule has 0 aliphatic rings. The molecule has 0 saturated heterocycles. The minimum absolute atomic E-state index is 0.436. The van der Waals surface area contributed by atoms with Crippen molar-refractivity contribution in [1.29, 1.82) is 0 Å². The van der Waals surface area contributed by atoms with Crippen molar-refractivity contribution in [3.8, 4) is 0 Å². The average molecular weight is 241 g/mol. The smallest absolute Gasteiger partial charge is 0.180 e. The van der Waals surface area contributed by atoms with E-state index in [4.69, 9.17) is 5.73 Å². The highest BCUT2D eigenvalue weighted by Crippen LogP contribution is 2.14. The number of hydrogen-bond acceptors (Lipinski definition) is 6. The average Bonchev–Trinajstić information content (AvgIpc) is 2.85. The summed E-state index contributed by atoms with van der Waals surface area (Å²) in [5.41, 5.74) is 7.34. The number of imidazole rings is 1. The Morgan fingerprint density at radius 1 is 1.28 bits per heavy atom.